The van der Waals surface area contributed by atoms with Crippen LogP contribution >= 0.6 is 11.3 Å². The van der Waals surface area contributed by atoms with Crippen LogP contribution in [-0.4, -0.2) is 13.4 Å². The third kappa shape index (κ3) is 2.85. The van der Waals surface area contributed by atoms with E-state index in [9.17, 15) is 4.79 Å². The minimum absolute atomic E-state index is 0.500. The van der Waals surface area contributed by atoms with E-state index in [2.05, 4.69) is 0 Å². The molecule has 0 unspecified atom stereocenters. The van der Waals surface area contributed by atoms with Crippen molar-refractivity contribution in [1.29, 1.82) is 0 Å². The molecule has 3 nitrogen and oxygen atoms in total. The molecule has 0 saturated heterocycles. The van der Waals surface area contributed by atoms with Crippen molar-refractivity contribution in [3.05, 3.63) is 46.2 Å². The first-order valence-electron chi connectivity index (χ1n) is 5.10. The van der Waals surface area contributed by atoms with Crippen molar-refractivity contribution in [3.63, 3.8) is 0 Å². The predicted molar refractivity (Wildman–Crippen MR) is 67.0 cm³/mol. The molecule has 2 rings (SSSR count). The van der Waals surface area contributed by atoms with Crippen molar-refractivity contribution in [1.82, 2.24) is 0 Å². The van der Waals surface area contributed by atoms with E-state index in [-0.39, 0.29) is 0 Å². The molecule has 0 amide bonds. The van der Waals surface area contributed by atoms with E-state index in [1.807, 2.05) is 16.8 Å². The Bertz CT molecular complexity index is 491. The highest BCUT2D eigenvalue weighted by molar-refractivity contribution is 7.07. The van der Waals surface area contributed by atoms with E-state index in [0.29, 0.717) is 23.7 Å². The molecule has 0 fully saturated rings. The van der Waals surface area contributed by atoms with Crippen LogP contribution in [0.5, 0.6) is 11.5 Å². The normalized spacial score (nSPS) is 9.94. The van der Waals surface area contributed by atoms with Gasteiger partial charge in [-0.05, 0) is 40.6 Å². The van der Waals surface area contributed by atoms with Gasteiger partial charge in [-0.25, -0.2) is 0 Å². The molecule has 2 aromatic rings. The van der Waals surface area contributed by atoms with Gasteiger partial charge in [0.25, 0.3) is 0 Å². The quantitative estimate of drug-likeness (QED) is 0.762. The highest BCUT2D eigenvalue weighted by Gasteiger charge is 2.05. The summed E-state index contributed by atoms with van der Waals surface area (Å²) in [6, 6.07) is 7.13. The van der Waals surface area contributed by atoms with Gasteiger partial charge in [0.2, 0.25) is 0 Å². The molecule has 0 aliphatic heterocycles. The number of hydrogen-bond acceptors (Lipinski definition) is 4. The van der Waals surface area contributed by atoms with Crippen LogP contribution in [0, 0.1) is 0 Å². The Morgan fingerprint density at radius 3 is 2.82 bits per heavy atom. The van der Waals surface area contributed by atoms with Crippen LogP contribution in [0.25, 0.3) is 0 Å². The summed E-state index contributed by atoms with van der Waals surface area (Å²) in [5.74, 6) is 1.22. The summed E-state index contributed by atoms with van der Waals surface area (Å²) in [7, 11) is 1.56. The molecule has 0 aliphatic rings. The first-order valence-corrected chi connectivity index (χ1v) is 6.05. The van der Waals surface area contributed by atoms with Gasteiger partial charge in [0.1, 0.15) is 12.9 Å². The number of carbonyl (C=O) groups is 1. The first-order chi connectivity index (χ1) is 8.33. The van der Waals surface area contributed by atoms with E-state index in [1.54, 1.807) is 36.6 Å². The molecule has 1 aromatic carbocycles. The van der Waals surface area contributed by atoms with Crippen molar-refractivity contribution < 1.29 is 14.3 Å². The Hall–Kier alpha value is -1.81. The molecule has 1 aromatic heterocycles. The van der Waals surface area contributed by atoms with Gasteiger partial charge in [0, 0.05) is 5.56 Å². The van der Waals surface area contributed by atoms with Crippen LogP contribution in [0.1, 0.15) is 15.9 Å². The number of benzene rings is 1. The third-order valence-corrected chi connectivity index (χ3v) is 3.03. The Morgan fingerprint density at radius 2 is 2.18 bits per heavy atom. The average Bonchev–Trinajstić information content (AvgIpc) is 2.89. The van der Waals surface area contributed by atoms with Gasteiger partial charge in [0.05, 0.1) is 7.11 Å². The monoisotopic (exact) mass is 248 g/mol. The van der Waals surface area contributed by atoms with Gasteiger partial charge in [-0.2, -0.15) is 11.3 Å². The van der Waals surface area contributed by atoms with Crippen LogP contribution in [0.15, 0.2) is 35.0 Å². The van der Waals surface area contributed by atoms with E-state index < -0.39 is 0 Å². The van der Waals surface area contributed by atoms with Gasteiger partial charge in [-0.3, -0.25) is 4.79 Å². The predicted octanol–water partition coefficient (Wildman–Crippen LogP) is 3.15. The van der Waals surface area contributed by atoms with Crippen LogP contribution in [0.2, 0.25) is 0 Å². The lowest BCUT2D eigenvalue weighted by Gasteiger charge is -2.10. The fourth-order valence-corrected chi connectivity index (χ4v) is 2.07. The minimum atomic E-state index is 0.500. The molecule has 4 heteroatoms. The van der Waals surface area contributed by atoms with E-state index in [4.69, 9.17) is 9.47 Å². The second-order valence-corrected chi connectivity index (χ2v) is 4.23. The SMILES string of the molecule is COc1cc(C=O)ccc1OCc1ccsc1. The molecule has 17 heavy (non-hydrogen) atoms. The zero-order valence-corrected chi connectivity index (χ0v) is 10.2. The maximum absolute atomic E-state index is 10.6. The number of rotatable bonds is 5. The molecule has 0 bridgehead atoms. The average molecular weight is 248 g/mol. The van der Waals surface area contributed by atoms with Gasteiger partial charge >= 0.3 is 0 Å². The third-order valence-electron chi connectivity index (χ3n) is 2.30. The first kappa shape index (κ1) is 11.7. The largest absolute Gasteiger partial charge is 0.493 e. The van der Waals surface area contributed by atoms with Crippen molar-refractivity contribution in [2.75, 3.05) is 7.11 Å². The maximum atomic E-state index is 10.6. The van der Waals surface area contributed by atoms with Crippen LogP contribution in [0.3, 0.4) is 0 Å². The number of aldehydes is 1. The summed E-state index contributed by atoms with van der Waals surface area (Å²) in [6.07, 6.45) is 0.783. The van der Waals surface area contributed by atoms with Crippen molar-refractivity contribution in [3.8, 4) is 11.5 Å². The van der Waals surface area contributed by atoms with Crippen LogP contribution in [0.4, 0.5) is 0 Å². The molecule has 0 saturated carbocycles. The molecule has 0 radical (unpaired) electrons. The van der Waals surface area contributed by atoms with Crippen molar-refractivity contribution >= 4 is 17.6 Å². The van der Waals surface area contributed by atoms with Crippen molar-refractivity contribution in [2.24, 2.45) is 0 Å². The highest BCUT2D eigenvalue weighted by atomic mass is 32.1. The molecule has 0 N–H and O–H groups in total. The standard InChI is InChI=1S/C13H12O3S/c1-15-13-6-10(7-14)2-3-12(13)16-8-11-4-5-17-9-11/h2-7,9H,8H2,1H3. The van der Waals surface area contributed by atoms with Gasteiger partial charge < -0.3 is 9.47 Å². The highest BCUT2D eigenvalue weighted by Crippen LogP contribution is 2.28. The Kier molecular flexibility index (Phi) is 3.77. The number of hydrogen-bond donors (Lipinski definition) is 0. The smallest absolute Gasteiger partial charge is 0.161 e. The number of methoxy groups -OCH3 is 1. The Labute approximate surface area is 104 Å². The number of ether oxygens (including phenoxy) is 2. The summed E-state index contributed by atoms with van der Waals surface area (Å²) in [5, 5.41) is 4.04. The van der Waals surface area contributed by atoms with Gasteiger partial charge in [-0.1, -0.05) is 0 Å². The molecule has 0 aliphatic carbocycles. The van der Waals surface area contributed by atoms with Gasteiger partial charge in [-0.15, -0.1) is 0 Å². The lowest BCUT2D eigenvalue weighted by molar-refractivity contribution is 0.112. The fourth-order valence-electron chi connectivity index (χ4n) is 1.41. The van der Waals surface area contributed by atoms with Crippen LogP contribution in [-0.2, 0) is 6.61 Å². The molecule has 1 heterocycles. The number of carbonyl (C=O) groups excluding carboxylic acids is 1. The maximum Gasteiger partial charge on any atom is 0.161 e. The summed E-state index contributed by atoms with van der Waals surface area (Å²) in [6.45, 7) is 0.500. The molecule has 88 valence electrons. The van der Waals surface area contributed by atoms with E-state index in [1.165, 1.54) is 0 Å². The Balaban J connectivity index is 2.12. The fraction of sp³-hybridized carbons (Fsp3) is 0.154. The molecule has 0 spiro atoms. The summed E-state index contributed by atoms with van der Waals surface area (Å²) in [4.78, 5) is 10.6. The lowest BCUT2D eigenvalue weighted by Crippen LogP contribution is -1.97. The second-order valence-electron chi connectivity index (χ2n) is 3.45. The van der Waals surface area contributed by atoms with E-state index in [0.717, 1.165) is 11.8 Å². The molecular formula is C13H12O3S. The number of thiophene rings is 1. The summed E-state index contributed by atoms with van der Waals surface area (Å²) >= 11 is 1.63. The summed E-state index contributed by atoms with van der Waals surface area (Å²) in [5.41, 5.74) is 1.70. The topological polar surface area (TPSA) is 35.5 Å². The Morgan fingerprint density at radius 1 is 1.29 bits per heavy atom. The zero-order valence-electron chi connectivity index (χ0n) is 9.38. The zero-order chi connectivity index (χ0) is 12.1. The second kappa shape index (κ2) is 5.50. The molecular weight excluding hydrogens is 236 g/mol. The summed E-state index contributed by atoms with van der Waals surface area (Å²) < 4.78 is 10.8. The van der Waals surface area contributed by atoms with Crippen molar-refractivity contribution in [2.45, 2.75) is 6.61 Å². The van der Waals surface area contributed by atoms with Gasteiger partial charge in [0.15, 0.2) is 11.5 Å². The van der Waals surface area contributed by atoms with E-state index >= 15 is 0 Å². The van der Waals surface area contributed by atoms with Crippen LogP contribution < -0.4 is 9.47 Å². The lowest BCUT2D eigenvalue weighted by atomic mass is 10.2. The minimum Gasteiger partial charge on any atom is -0.493 e. The molecule has 0 atom stereocenters.